The molecule has 1 N–H and O–H groups in total. The van der Waals surface area contributed by atoms with Crippen LogP contribution in [0.4, 0.5) is 4.39 Å². The van der Waals surface area contributed by atoms with Gasteiger partial charge < -0.3 is 9.47 Å². The number of hydrogen-bond donors (Lipinski definition) is 1. The summed E-state index contributed by atoms with van der Waals surface area (Å²) in [6.45, 7) is 4.69. The normalized spacial score (nSPS) is 10.5. The predicted octanol–water partition coefficient (Wildman–Crippen LogP) is 4.02. The standard InChI is InChI=1S/C19H17BrFN3O3/c1-3-26-17-8-13(15(20)9-18(17)27-4-2)11-23-24-19(25)14-6-5-12(10-22)7-16(14)21/h5-9,11H,3-4H2,1-2H3,(H,24,25)/b23-11-. The maximum Gasteiger partial charge on any atom is 0.274 e. The predicted molar refractivity (Wildman–Crippen MR) is 103 cm³/mol. The van der Waals surface area contributed by atoms with Gasteiger partial charge in [0, 0.05) is 10.0 Å². The number of hydrazone groups is 1. The highest BCUT2D eigenvalue weighted by Gasteiger charge is 2.12. The van der Waals surface area contributed by atoms with Crippen LogP contribution in [0.3, 0.4) is 0 Å². The zero-order valence-corrected chi connectivity index (χ0v) is 16.3. The molecule has 2 aromatic carbocycles. The second-order valence-electron chi connectivity index (χ2n) is 5.19. The van der Waals surface area contributed by atoms with Gasteiger partial charge in [0.25, 0.3) is 5.91 Å². The summed E-state index contributed by atoms with van der Waals surface area (Å²) in [4.78, 5) is 12.0. The molecule has 140 valence electrons. The van der Waals surface area contributed by atoms with E-state index in [2.05, 4.69) is 26.5 Å². The number of amides is 1. The Bertz CT molecular complexity index is 910. The lowest BCUT2D eigenvalue weighted by Gasteiger charge is -2.12. The second-order valence-corrected chi connectivity index (χ2v) is 6.05. The van der Waals surface area contributed by atoms with Crippen molar-refractivity contribution in [3.63, 3.8) is 0 Å². The minimum absolute atomic E-state index is 0.134. The Kier molecular flexibility index (Phi) is 7.32. The first kappa shape index (κ1) is 20.4. The van der Waals surface area contributed by atoms with Gasteiger partial charge >= 0.3 is 0 Å². The van der Waals surface area contributed by atoms with Gasteiger partial charge in [-0.05, 0) is 60.1 Å². The number of halogens is 2. The third-order valence-electron chi connectivity index (χ3n) is 3.38. The van der Waals surface area contributed by atoms with E-state index in [1.54, 1.807) is 18.2 Å². The van der Waals surface area contributed by atoms with E-state index in [0.29, 0.717) is 34.7 Å². The maximum atomic E-state index is 13.9. The van der Waals surface area contributed by atoms with Gasteiger partial charge in [-0.1, -0.05) is 0 Å². The van der Waals surface area contributed by atoms with E-state index in [4.69, 9.17) is 14.7 Å². The molecule has 2 aromatic rings. The lowest BCUT2D eigenvalue weighted by Crippen LogP contribution is -2.19. The van der Waals surface area contributed by atoms with Crippen LogP contribution >= 0.6 is 15.9 Å². The average molecular weight is 434 g/mol. The molecule has 0 unspecified atom stereocenters. The first-order chi connectivity index (χ1) is 13.0. The second kappa shape index (κ2) is 9.69. The molecule has 0 aliphatic heterocycles. The minimum Gasteiger partial charge on any atom is -0.490 e. The molecule has 1 amide bonds. The van der Waals surface area contributed by atoms with Gasteiger partial charge in [0.05, 0.1) is 36.6 Å². The van der Waals surface area contributed by atoms with E-state index in [9.17, 15) is 9.18 Å². The number of carbonyl (C=O) groups is 1. The molecule has 6 nitrogen and oxygen atoms in total. The lowest BCUT2D eigenvalue weighted by atomic mass is 10.1. The molecule has 0 saturated carbocycles. The van der Waals surface area contributed by atoms with Gasteiger partial charge in [0.2, 0.25) is 0 Å². The van der Waals surface area contributed by atoms with Crippen LogP contribution in [0.2, 0.25) is 0 Å². The molecule has 2 rings (SSSR count). The van der Waals surface area contributed by atoms with Crippen molar-refractivity contribution in [1.82, 2.24) is 5.43 Å². The van der Waals surface area contributed by atoms with Crippen LogP contribution in [0.5, 0.6) is 11.5 Å². The van der Waals surface area contributed by atoms with Gasteiger partial charge in [-0.25, -0.2) is 9.82 Å². The van der Waals surface area contributed by atoms with E-state index >= 15 is 0 Å². The third-order valence-corrected chi connectivity index (χ3v) is 4.06. The number of ether oxygens (including phenoxy) is 2. The van der Waals surface area contributed by atoms with Crippen molar-refractivity contribution in [3.8, 4) is 17.6 Å². The number of nitriles is 1. The van der Waals surface area contributed by atoms with Crippen LogP contribution in [0.25, 0.3) is 0 Å². The molecule has 0 spiro atoms. The van der Waals surface area contributed by atoms with Crippen LogP contribution in [0.15, 0.2) is 39.9 Å². The molecular weight excluding hydrogens is 417 g/mol. The van der Waals surface area contributed by atoms with Crippen LogP contribution in [-0.2, 0) is 0 Å². The van der Waals surface area contributed by atoms with E-state index < -0.39 is 11.7 Å². The van der Waals surface area contributed by atoms with Crippen molar-refractivity contribution in [2.45, 2.75) is 13.8 Å². The van der Waals surface area contributed by atoms with Gasteiger partial charge in [-0.2, -0.15) is 10.4 Å². The van der Waals surface area contributed by atoms with Crippen LogP contribution in [-0.4, -0.2) is 25.3 Å². The van der Waals surface area contributed by atoms with Crippen LogP contribution in [0, 0.1) is 17.1 Å². The maximum absolute atomic E-state index is 13.9. The molecule has 0 atom stereocenters. The van der Waals surface area contributed by atoms with Gasteiger partial charge in [-0.15, -0.1) is 0 Å². The molecule has 0 aliphatic rings. The summed E-state index contributed by atoms with van der Waals surface area (Å²) >= 11 is 3.41. The highest BCUT2D eigenvalue weighted by molar-refractivity contribution is 9.10. The monoisotopic (exact) mass is 433 g/mol. The number of rotatable bonds is 7. The largest absolute Gasteiger partial charge is 0.490 e. The summed E-state index contributed by atoms with van der Waals surface area (Å²) in [5.41, 5.74) is 2.83. The van der Waals surface area contributed by atoms with Crippen molar-refractivity contribution >= 4 is 28.1 Å². The first-order valence-electron chi connectivity index (χ1n) is 8.12. The lowest BCUT2D eigenvalue weighted by molar-refractivity contribution is 0.0951. The molecule has 0 fully saturated rings. The molecule has 8 heteroatoms. The molecule has 27 heavy (non-hydrogen) atoms. The molecule has 0 aromatic heterocycles. The number of nitrogens with zero attached hydrogens (tertiary/aromatic N) is 2. The van der Waals surface area contributed by atoms with E-state index in [1.807, 2.05) is 13.8 Å². The van der Waals surface area contributed by atoms with E-state index in [0.717, 1.165) is 6.07 Å². The summed E-state index contributed by atoms with van der Waals surface area (Å²) in [5, 5.41) is 12.6. The SMILES string of the molecule is CCOc1cc(Br)c(/C=N\NC(=O)c2ccc(C#N)cc2F)cc1OCC. The van der Waals surface area contributed by atoms with Crippen molar-refractivity contribution in [2.24, 2.45) is 5.10 Å². The zero-order chi connectivity index (χ0) is 19.8. The minimum atomic E-state index is -0.789. The summed E-state index contributed by atoms with van der Waals surface area (Å²) in [5.74, 6) is -0.372. The summed E-state index contributed by atoms with van der Waals surface area (Å²) < 4.78 is 25.6. The molecule has 0 aliphatic carbocycles. The highest BCUT2D eigenvalue weighted by atomic mass is 79.9. The molecule has 0 saturated heterocycles. The first-order valence-corrected chi connectivity index (χ1v) is 8.91. The number of nitrogens with one attached hydrogen (secondary N) is 1. The van der Waals surface area contributed by atoms with Crippen molar-refractivity contribution < 1.29 is 18.7 Å². The van der Waals surface area contributed by atoms with Gasteiger partial charge in [0.1, 0.15) is 5.82 Å². The molecule has 0 radical (unpaired) electrons. The Labute approximate surface area is 164 Å². The Morgan fingerprint density at radius 2 is 1.93 bits per heavy atom. The Morgan fingerprint density at radius 3 is 2.52 bits per heavy atom. The third kappa shape index (κ3) is 5.28. The zero-order valence-electron chi connectivity index (χ0n) is 14.8. The van der Waals surface area contributed by atoms with Gasteiger partial charge in [-0.3, -0.25) is 4.79 Å². The number of carbonyl (C=O) groups excluding carboxylic acids is 1. The van der Waals surface area contributed by atoms with Gasteiger partial charge in [0.15, 0.2) is 11.5 Å². The van der Waals surface area contributed by atoms with Crippen molar-refractivity contribution in [3.05, 3.63) is 57.3 Å². The smallest absolute Gasteiger partial charge is 0.274 e. The van der Waals surface area contributed by atoms with Crippen molar-refractivity contribution in [2.75, 3.05) is 13.2 Å². The molecule has 0 bridgehead atoms. The Balaban J connectivity index is 2.17. The van der Waals surface area contributed by atoms with Crippen molar-refractivity contribution in [1.29, 1.82) is 5.26 Å². The summed E-state index contributed by atoms with van der Waals surface area (Å²) in [7, 11) is 0. The van der Waals surface area contributed by atoms with Crippen LogP contribution < -0.4 is 14.9 Å². The fourth-order valence-electron chi connectivity index (χ4n) is 2.18. The fraction of sp³-hybridized carbons (Fsp3) is 0.211. The molecular formula is C19H17BrFN3O3. The molecule has 0 heterocycles. The topological polar surface area (TPSA) is 83.7 Å². The van der Waals surface area contributed by atoms with E-state index in [1.165, 1.54) is 18.3 Å². The average Bonchev–Trinajstić information content (AvgIpc) is 2.65. The fourth-order valence-corrected chi connectivity index (χ4v) is 2.60. The quantitative estimate of drug-likeness (QED) is 0.527. The van der Waals surface area contributed by atoms with Crippen LogP contribution in [0.1, 0.15) is 35.3 Å². The summed E-state index contributed by atoms with van der Waals surface area (Å²) in [6, 6.07) is 8.86. The number of hydrogen-bond acceptors (Lipinski definition) is 5. The van der Waals surface area contributed by atoms with E-state index in [-0.39, 0.29) is 11.1 Å². The summed E-state index contributed by atoms with van der Waals surface area (Å²) in [6.07, 6.45) is 1.40. The Morgan fingerprint density at radius 1 is 1.26 bits per heavy atom. The highest BCUT2D eigenvalue weighted by Crippen LogP contribution is 2.33. The Hall–Kier alpha value is -2.92. The number of benzene rings is 2.